The molecule has 0 saturated carbocycles. The fraction of sp³-hybridized carbons (Fsp3) is 0.429. The molecule has 1 aliphatic heterocycles. The summed E-state index contributed by atoms with van der Waals surface area (Å²) in [5.74, 6) is 0.349. The smallest absolute Gasteiger partial charge is 0.289 e. The van der Waals surface area contributed by atoms with Crippen molar-refractivity contribution in [2.45, 2.75) is 6.92 Å². The molecule has 1 aromatic heterocycles. The number of carbonyl (C=O) groups is 1. The molecule has 0 bridgehead atoms. The van der Waals surface area contributed by atoms with Crippen molar-refractivity contribution in [3.05, 3.63) is 35.8 Å². The number of allylic oxidation sites excluding steroid dienone is 1. The van der Waals surface area contributed by atoms with Crippen molar-refractivity contribution < 1.29 is 9.21 Å². The first-order chi connectivity index (χ1) is 9.20. The number of rotatable bonds is 3. The molecule has 2 heterocycles. The fourth-order valence-corrected chi connectivity index (χ4v) is 2.00. The van der Waals surface area contributed by atoms with Crippen molar-refractivity contribution in [1.82, 2.24) is 9.80 Å². The van der Waals surface area contributed by atoms with Gasteiger partial charge < -0.3 is 9.32 Å². The van der Waals surface area contributed by atoms with Gasteiger partial charge in [-0.05, 0) is 19.1 Å². The highest BCUT2D eigenvalue weighted by Crippen LogP contribution is 2.09. The third-order valence-electron chi connectivity index (χ3n) is 3.22. The highest BCUT2D eigenvalue weighted by Gasteiger charge is 2.22. The summed E-state index contributed by atoms with van der Waals surface area (Å²) in [6, 6.07) is 5.52. The van der Waals surface area contributed by atoms with Crippen LogP contribution in [0.4, 0.5) is 0 Å². The van der Waals surface area contributed by atoms with Crippen LogP contribution in [0, 0.1) is 11.3 Å². The molecule has 100 valence electrons. The predicted molar refractivity (Wildman–Crippen MR) is 70.4 cm³/mol. The van der Waals surface area contributed by atoms with Gasteiger partial charge in [0, 0.05) is 38.3 Å². The molecule has 0 aliphatic carbocycles. The molecule has 1 saturated heterocycles. The Morgan fingerprint density at radius 2 is 2.21 bits per heavy atom. The third kappa shape index (κ3) is 3.46. The lowest BCUT2D eigenvalue weighted by Gasteiger charge is -2.33. The lowest BCUT2D eigenvalue weighted by molar-refractivity contribution is 0.0619. The van der Waals surface area contributed by atoms with Gasteiger partial charge in [0.25, 0.3) is 5.91 Å². The molecule has 0 unspecified atom stereocenters. The molecule has 0 atom stereocenters. The second kappa shape index (κ2) is 6.21. The van der Waals surface area contributed by atoms with E-state index in [-0.39, 0.29) is 5.91 Å². The van der Waals surface area contributed by atoms with Gasteiger partial charge in [0.2, 0.25) is 0 Å². The van der Waals surface area contributed by atoms with Crippen LogP contribution in [-0.2, 0) is 0 Å². The first-order valence-corrected chi connectivity index (χ1v) is 6.32. The topological polar surface area (TPSA) is 60.5 Å². The van der Waals surface area contributed by atoms with Crippen molar-refractivity contribution in [3.8, 4) is 6.07 Å². The number of piperazine rings is 1. The van der Waals surface area contributed by atoms with Crippen molar-refractivity contribution in [3.63, 3.8) is 0 Å². The van der Waals surface area contributed by atoms with Crippen LogP contribution in [0.2, 0.25) is 0 Å². The molecule has 1 amide bonds. The van der Waals surface area contributed by atoms with Crippen LogP contribution in [0.25, 0.3) is 0 Å². The third-order valence-corrected chi connectivity index (χ3v) is 3.22. The summed E-state index contributed by atoms with van der Waals surface area (Å²) in [5, 5.41) is 8.68. The molecule has 0 spiro atoms. The van der Waals surface area contributed by atoms with Gasteiger partial charge in [-0.1, -0.05) is 6.08 Å². The van der Waals surface area contributed by atoms with Gasteiger partial charge in [-0.15, -0.1) is 0 Å². The van der Waals surface area contributed by atoms with Crippen LogP contribution in [0.1, 0.15) is 17.5 Å². The van der Waals surface area contributed by atoms with Gasteiger partial charge in [0.05, 0.1) is 12.3 Å². The normalized spacial score (nSPS) is 17.3. The van der Waals surface area contributed by atoms with Crippen molar-refractivity contribution >= 4 is 5.91 Å². The van der Waals surface area contributed by atoms with E-state index in [1.807, 2.05) is 6.08 Å². The van der Waals surface area contributed by atoms with Crippen LogP contribution < -0.4 is 0 Å². The maximum absolute atomic E-state index is 12.0. The van der Waals surface area contributed by atoms with Gasteiger partial charge in [0.15, 0.2) is 5.76 Å². The zero-order chi connectivity index (χ0) is 13.7. The lowest BCUT2D eigenvalue weighted by Crippen LogP contribution is -2.48. The number of carbonyl (C=O) groups excluding carboxylic acids is 1. The average molecular weight is 259 g/mol. The van der Waals surface area contributed by atoms with E-state index in [1.54, 1.807) is 24.0 Å². The van der Waals surface area contributed by atoms with Gasteiger partial charge in [-0.2, -0.15) is 5.26 Å². The van der Waals surface area contributed by atoms with Crippen molar-refractivity contribution in [1.29, 1.82) is 5.26 Å². The first kappa shape index (κ1) is 13.4. The van der Waals surface area contributed by atoms with Crippen LogP contribution in [0.15, 0.2) is 34.5 Å². The largest absolute Gasteiger partial charge is 0.459 e. The van der Waals surface area contributed by atoms with Crippen LogP contribution in [-0.4, -0.2) is 48.4 Å². The number of furan rings is 1. The Balaban J connectivity index is 1.83. The zero-order valence-corrected chi connectivity index (χ0v) is 11.0. The van der Waals surface area contributed by atoms with E-state index < -0.39 is 0 Å². The monoisotopic (exact) mass is 259 g/mol. The predicted octanol–water partition coefficient (Wildman–Crippen LogP) is 1.51. The minimum Gasteiger partial charge on any atom is -0.459 e. The lowest BCUT2D eigenvalue weighted by atomic mass is 10.2. The van der Waals surface area contributed by atoms with Crippen molar-refractivity contribution in [2.24, 2.45) is 0 Å². The number of amides is 1. The molecule has 5 heteroatoms. The number of hydrogen-bond donors (Lipinski definition) is 0. The Labute approximate surface area is 112 Å². The second-order valence-electron chi connectivity index (χ2n) is 4.57. The Kier molecular flexibility index (Phi) is 4.37. The summed E-state index contributed by atoms with van der Waals surface area (Å²) in [5.41, 5.74) is 0.731. The Bertz CT molecular complexity index is 491. The van der Waals surface area contributed by atoms with Gasteiger partial charge >= 0.3 is 0 Å². The molecule has 19 heavy (non-hydrogen) atoms. The van der Waals surface area contributed by atoms with Gasteiger partial charge in [0.1, 0.15) is 0 Å². The molecule has 1 aliphatic rings. The zero-order valence-electron chi connectivity index (χ0n) is 11.0. The Morgan fingerprint density at radius 1 is 1.47 bits per heavy atom. The van der Waals surface area contributed by atoms with Crippen LogP contribution in [0.5, 0.6) is 0 Å². The van der Waals surface area contributed by atoms with E-state index >= 15 is 0 Å². The van der Waals surface area contributed by atoms with E-state index in [4.69, 9.17) is 9.68 Å². The van der Waals surface area contributed by atoms with E-state index in [2.05, 4.69) is 11.0 Å². The van der Waals surface area contributed by atoms with E-state index in [1.165, 1.54) is 6.26 Å². The summed E-state index contributed by atoms with van der Waals surface area (Å²) in [6.07, 6.45) is 3.43. The van der Waals surface area contributed by atoms with E-state index in [9.17, 15) is 4.79 Å². The van der Waals surface area contributed by atoms with Crippen molar-refractivity contribution in [2.75, 3.05) is 32.7 Å². The molecular formula is C14H17N3O2. The summed E-state index contributed by atoms with van der Waals surface area (Å²) >= 11 is 0. The second-order valence-corrected chi connectivity index (χ2v) is 4.57. The SMILES string of the molecule is CC(C#N)=CCN1CCN(C(=O)c2ccco2)CC1. The van der Waals surface area contributed by atoms with Gasteiger partial charge in [-0.25, -0.2) is 0 Å². The molecule has 1 aromatic rings. The van der Waals surface area contributed by atoms with Crippen LogP contribution in [0.3, 0.4) is 0 Å². The molecule has 2 rings (SSSR count). The minimum absolute atomic E-state index is 0.0478. The summed E-state index contributed by atoms with van der Waals surface area (Å²) < 4.78 is 5.12. The summed E-state index contributed by atoms with van der Waals surface area (Å²) in [6.45, 7) is 5.60. The van der Waals surface area contributed by atoms with Crippen LogP contribution >= 0.6 is 0 Å². The highest BCUT2D eigenvalue weighted by molar-refractivity contribution is 5.91. The maximum Gasteiger partial charge on any atom is 0.289 e. The average Bonchev–Trinajstić information content (AvgIpc) is 2.98. The Hall–Kier alpha value is -2.06. The quantitative estimate of drug-likeness (QED) is 0.772. The molecular weight excluding hydrogens is 242 g/mol. The highest BCUT2D eigenvalue weighted by atomic mass is 16.3. The Morgan fingerprint density at radius 3 is 2.79 bits per heavy atom. The van der Waals surface area contributed by atoms with Gasteiger partial charge in [-0.3, -0.25) is 9.69 Å². The molecule has 0 aromatic carbocycles. The molecule has 0 N–H and O–H groups in total. The fourth-order valence-electron chi connectivity index (χ4n) is 2.00. The first-order valence-electron chi connectivity index (χ1n) is 6.32. The summed E-state index contributed by atoms with van der Waals surface area (Å²) in [7, 11) is 0. The standard InChI is InChI=1S/C14H17N3O2/c1-12(11-15)4-5-16-6-8-17(9-7-16)14(18)13-3-2-10-19-13/h2-4,10H,5-9H2,1H3. The summed E-state index contributed by atoms with van der Waals surface area (Å²) in [4.78, 5) is 16.1. The maximum atomic E-state index is 12.0. The molecule has 5 nitrogen and oxygen atoms in total. The van der Waals surface area contributed by atoms with E-state index in [0.717, 1.165) is 25.2 Å². The minimum atomic E-state index is -0.0478. The number of nitriles is 1. The number of hydrogen-bond acceptors (Lipinski definition) is 4. The molecule has 0 radical (unpaired) electrons. The number of nitrogens with zero attached hydrogens (tertiary/aromatic N) is 3. The van der Waals surface area contributed by atoms with E-state index in [0.29, 0.717) is 18.8 Å². The molecule has 1 fully saturated rings.